The molecule has 1 aliphatic rings. The van der Waals surface area contributed by atoms with E-state index in [2.05, 4.69) is 34.6 Å². The average molecular weight is 282 g/mol. The number of nitrogens with one attached hydrogen (secondary N) is 1. The zero-order valence-electron chi connectivity index (χ0n) is 12.5. The van der Waals surface area contributed by atoms with Gasteiger partial charge in [-0.25, -0.2) is 0 Å². The van der Waals surface area contributed by atoms with Gasteiger partial charge in [0.2, 0.25) is 0 Å². The number of pyridine rings is 1. The van der Waals surface area contributed by atoms with Gasteiger partial charge in [0.05, 0.1) is 5.69 Å². The van der Waals surface area contributed by atoms with Crippen LogP contribution in [0.2, 0.25) is 0 Å². The van der Waals surface area contributed by atoms with Crippen LogP contribution in [0.1, 0.15) is 29.7 Å². The first-order chi connectivity index (χ1) is 10.3. The second-order valence-electron chi connectivity index (χ2n) is 5.67. The highest BCUT2D eigenvalue weighted by atomic mass is 16.5. The molecule has 110 valence electrons. The van der Waals surface area contributed by atoms with Crippen molar-refractivity contribution in [2.75, 3.05) is 6.54 Å². The molecule has 21 heavy (non-hydrogen) atoms. The average Bonchev–Trinajstić information content (AvgIpc) is 3.32. The Hall–Kier alpha value is -1.87. The van der Waals surface area contributed by atoms with E-state index in [-0.39, 0.29) is 0 Å². The molecule has 3 nitrogen and oxygen atoms in total. The Morgan fingerprint density at radius 2 is 1.90 bits per heavy atom. The molecule has 0 unspecified atom stereocenters. The maximum atomic E-state index is 5.81. The van der Waals surface area contributed by atoms with E-state index in [0.717, 1.165) is 30.5 Å². The molecule has 1 aliphatic carbocycles. The van der Waals surface area contributed by atoms with Crippen molar-refractivity contribution in [2.24, 2.45) is 0 Å². The lowest BCUT2D eigenvalue weighted by Gasteiger charge is -2.09. The zero-order chi connectivity index (χ0) is 14.5. The molecule has 1 N–H and O–H groups in total. The van der Waals surface area contributed by atoms with Crippen molar-refractivity contribution in [1.82, 2.24) is 10.3 Å². The molecule has 1 heterocycles. The molecule has 3 heteroatoms. The SMILES string of the molecule is Cc1ncccc1OCc1ccc(CCNC2CC2)cc1. The predicted molar refractivity (Wildman–Crippen MR) is 84.5 cm³/mol. The van der Waals surface area contributed by atoms with Gasteiger partial charge in [-0.05, 0) is 56.0 Å². The zero-order valence-corrected chi connectivity index (χ0v) is 12.5. The van der Waals surface area contributed by atoms with E-state index in [1.54, 1.807) is 6.20 Å². The van der Waals surface area contributed by atoms with E-state index >= 15 is 0 Å². The molecular weight excluding hydrogens is 260 g/mol. The molecule has 0 aliphatic heterocycles. The molecule has 0 saturated heterocycles. The topological polar surface area (TPSA) is 34.1 Å². The van der Waals surface area contributed by atoms with Gasteiger partial charge in [0, 0.05) is 12.2 Å². The number of hydrogen-bond acceptors (Lipinski definition) is 3. The van der Waals surface area contributed by atoms with Crippen molar-refractivity contribution in [1.29, 1.82) is 0 Å². The summed E-state index contributed by atoms with van der Waals surface area (Å²) in [5, 5.41) is 3.54. The lowest BCUT2D eigenvalue weighted by Crippen LogP contribution is -2.19. The van der Waals surface area contributed by atoms with E-state index in [9.17, 15) is 0 Å². The molecule has 0 amide bonds. The monoisotopic (exact) mass is 282 g/mol. The summed E-state index contributed by atoms with van der Waals surface area (Å²) in [7, 11) is 0. The normalized spacial score (nSPS) is 14.1. The molecule has 0 radical (unpaired) electrons. The summed E-state index contributed by atoms with van der Waals surface area (Å²) in [5.74, 6) is 0.857. The Morgan fingerprint density at radius 3 is 2.62 bits per heavy atom. The third kappa shape index (κ3) is 4.30. The standard InChI is InChI=1S/C18H22N2O/c1-14-18(3-2-11-19-14)21-13-16-6-4-15(5-7-16)10-12-20-17-8-9-17/h2-7,11,17,20H,8-10,12-13H2,1H3. The van der Waals surface area contributed by atoms with Crippen LogP contribution >= 0.6 is 0 Å². The fourth-order valence-corrected chi connectivity index (χ4v) is 2.29. The van der Waals surface area contributed by atoms with E-state index < -0.39 is 0 Å². The smallest absolute Gasteiger partial charge is 0.141 e. The number of aryl methyl sites for hydroxylation is 1. The highest BCUT2D eigenvalue weighted by molar-refractivity contribution is 5.27. The van der Waals surface area contributed by atoms with Crippen LogP contribution in [0.25, 0.3) is 0 Å². The van der Waals surface area contributed by atoms with Gasteiger partial charge in [-0.2, -0.15) is 0 Å². The Morgan fingerprint density at radius 1 is 1.14 bits per heavy atom. The number of rotatable bonds is 7. The largest absolute Gasteiger partial charge is 0.487 e. The van der Waals surface area contributed by atoms with Gasteiger partial charge in [-0.15, -0.1) is 0 Å². The molecule has 1 saturated carbocycles. The summed E-state index contributed by atoms with van der Waals surface area (Å²) in [5.41, 5.74) is 3.50. The molecule has 0 bridgehead atoms. The Kier molecular flexibility index (Phi) is 4.51. The minimum absolute atomic E-state index is 0.590. The lowest BCUT2D eigenvalue weighted by molar-refractivity contribution is 0.302. The van der Waals surface area contributed by atoms with Crippen LogP contribution in [0.4, 0.5) is 0 Å². The van der Waals surface area contributed by atoms with E-state index in [4.69, 9.17) is 4.74 Å². The number of benzene rings is 1. The second-order valence-corrected chi connectivity index (χ2v) is 5.67. The molecule has 2 aromatic rings. The summed E-state index contributed by atoms with van der Waals surface area (Å²) in [6, 6.07) is 13.3. The Labute approximate surface area is 126 Å². The molecule has 3 rings (SSSR count). The Balaban J connectivity index is 1.48. The van der Waals surface area contributed by atoms with Gasteiger partial charge in [-0.3, -0.25) is 4.98 Å². The van der Waals surface area contributed by atoms with Crippen molar-refractivity contribution in [3.63, 3.8) is 0 Å². The van der Waals surface area contributed by atoms with Gasteiger partial charge < -0.3 is 10.1 Å². The molecule has 0 spiro atoms. The van der Waals surface area contributed by atoms with E-state index in [1.165, 1.54) is 24.0 Å². The third-order valence-corrected chi connectivity index (χ3v) is 3.80. The first-order valence-corrected chi connectivity index (χ1v) is 7.67. The first kappa shape index (κ1) is 14.1. The van der Waals surface area contributed by atoms with Crippen molar-refractivity contribution < 1.29 is 4.74 Å². The van der Waals surface area contributed by atoms with Crippen LogP contribution < -0.4 is 10.1 Å². The number of hydrogen-bond donors (Lipinski definition) is 1. The lowest BCUT2D eigenvalue weighted by atomic mass is 10.1. The molecule has 1 fully saturated rings. The van der Waals surface area contributed by atoms with Crippen LogP contribution in [0.5, 0.6) is 5.75 Å². The summed E-state index contributed by atoms with van der Waals surface area (Å²) >= 11 is 0. The number of nitrogens with zero attached hydrogens (tertiary/aromatic N) is 1. The van der Waals surface area contributed by atoms with Crippen LogP contribution in [0.3, 0.4) is 0 Å². The van der Waals surface area contributed by atoms with Crippen LogP contribution in [0, 0.1) is 6.92 Å². The number of aromatic nitrogens is 1. The highest BCUT2D eigenvalue weighted by Crippen LogP contribution is 2.18. The highest BCUT2D eigenvalue weighted by Gasteiger charge is 2.19. The summed E-state index contributed by atoms with van der Waals surface area (Å²) < 4.78 is 5.81. The van der Waals surface area contributed by atoms with Crippen LogP contribution in [-0.2, 0) is 13.0 Å². The van der Waals surface area contributed by atoms with E-state index in [1.807, 2.05) is 19.1 Å². The maximum Gasteiger partial charge on any atom is 0.141 e. The molecular formula is C18H22N2O. The minimum atomic E-state index is 0.590. The fourth-order valence-electron chi connectivity index (χ4n) is 2.29. The van der Waals surface area contributed by atoms with Gasteiger partial charge in [0.25, 0.3) is 0 Å². The van der Waals surface area contributed by atoms with Gasteiger partial charge in [0.15, 0.2) is 0 Å². The van der Waals surface area contributed by atoms with Crippen LogP contribution in [-0.4, -0.2) is 17.6 Å². The van der Waals surface area contributed by atoms with Crippen LogP contribution in [0.15, 0.2) is 42.6 Å². The van der Waals surface area contributed by atoms with Crippen molar-refractivity contribution in [2.45, 2.75) is 38.8 Å². The summed E-state index contributed by atoms with van der Waals surface area (Å²) in [4.78, 5) is 4.23. The van der Waals surface area contributed by atoms with Crippen molar-refractivity contribution in [3.8, 4) is 5.75 Å². The van der Waals surface area contributed by atoms with Gasteiger partial charge in [-0.1, -0.05) is 24.3 Å². The predicted octanol–water partition coefficient (Wildman–Crippen LogP) is 3.26. The number of ether oxygens (including phenoxy) is 1. The molecule has 1 aromatic heterocycles. The fraction of sp³-hybridized carbons (Fsp3) is 0.389. The second kappa shape index (κ2) is 6.72. The summed E-state index contributed by atoms with van der Waals surface area (Å²) in [6.45, 7) is 3.63. The Bertz CT molecular complexity index is 576. The quantitative estimate of drug-likeness (QED) is 0.846. The van der Waals surface area contributed by atoms with Crippen molar-refractivity contribution >= 4 is 0 Å². The van der Waals surface area contributed by atoms with Gasteiger partial charge in [0.1, 0.15) is 12.4 Å². The minimum Gasteiger partial charge on any atom is -0.487 e. The summed E-state index contributed by atoms with van der Waals surface area (Å²) in [6.07, 6.45) is 5.58. The van der Waals surface area contributed by atoms with E-state index in [0.29, 0.717) is 6.61 Å². The molecule has 1 aromatic carbocycles. The molecule has 0 atom stereocenters. The first-order valence-electron chi connectivity index (χ1n) is 7.67. The maximum absolute atomic E-state index is 5.81. The van der Waals surface area contributed by atoms with Crippen molar-refractivity contribution in [3.05, 3.63) is 59.4 Å². The third-order valence-electron chi connectivity index (χ3n) is 3.80. The van der Waals surface area contributed by atoms with Gasteiger partial charge >= 0.3 is 0 Å².